The van der Waals surface area contributed by atoms with Crippen molar-refractivity contribution in [2.45, 2.75) is 57.2 Å². The van der Waals surface area contributed by atoms with Gasteiger partial charge in [0.2, 0.25) is 11.8 Å². The number of amides is 3. The van der Waals surface area contributed by atoms with Gasteiger partial charge in [-0.2, -0.15) is 0 Å². The van der Waals surface area contributed by atoms with Crippen molar-refractivity contribution in [3.05, 3.63) is 53.6 Å². The fourth-order valence-electron chi connectivity index (χ4n) is 6.05. The first-order chi connectivity index (χ1) is 17.4. The zero-order valence-electron chi connectivity index (χ0n) is 21.2. The van der Waals surface area contributed by atoms with Crippen LogP contribution < -0.4 is 14.4 Å². The van der Waals surface area contributed by atoms with E-state index in [9.17, 15) is 14.4 Å². The van der Waals surface area contributed by atoms with Crippen molar-refractivity contribution >= 4 is 23.4 Å². The lowest BCUT2D eigenvalue weighted by atomic mass is 9.97. The molecule has 0 aliphatic carbocycles. The third-order valence-corrected chi connectivity index (χ3v) is 7.88. The largest absolute Gasteiger partial charge is 0.493 e. The van der Waals surface area contributed by atoms with Crippen molar-refractivity contribution < 1.29 is 23.9 Å². The van der Waals surface area contributed by atoms with Crippen LogP contribution in [0.2, 0.25) is 0 Å². The van der Waals surface area contributed by atoms with E-state index in [4.69, 9.17) is 9.47 Å². The van der Waals surface area contributed by atoms with Gasteiger partial charge in [-0.25, -0.2) is 0 Å². The predicted molar refractivity (Wildman–Crippen MR) is 135 cm³/mol. The van der Waals surface area contributed by atoms with E-state index < -0.39 is 5.66 Å². The Balaban J connectivity index is 1.28. The summed E-state index contributed by atoms with van der Waals surface area (Å²) >= 11 is 0. The predicted octanol–water partition coefficient (Wildman–Crippen LogP) is 4.15. The number of anilines is 1. The van der Waals surface area contributed by atoms with Gasteiger partial charge < -0.3 is 19.3 Å². The molecule has 8 nitrogen and oxygen atoms in total. The molecule has 0 N–H and O–H groups in total. The molecular weight excluding hydrogens is 458 g/mol. The maximum Gasteiger partial charge on any atom is 0.257 e. The summed E-state index contributed by atoms with van der Waals surface area (Å²) in [6, 6.07) is 13.1. The van der Waals surface area contributed by atoms with Crippen molar-refractivity contribution in [1.29, 1.82) is 0 Å². The van der Waals surface area contributed by atoms with Gasteiger partial charge in [-0.3, -0.25) is 19.3 Å². The lowest BCUT2D eigenvalue weighted by Crippen LogP contribution is -2.62. The Morgan fingerprint density at radius 3 is 2.64 bits per heavy atom. The molecule has 3 aliphatic heterocycles. The van der Waals surface area contributed by atoms with E-state index in [0.717, 1.165) is 18.4 Å². The fraction of sp³-hybridized carbons (Fsp3) is 0.464. The second-order valence-electron chi connectivity index (χ2n) is 9.88. The molecular formula is C28H33N3O5. The molecule has 2 saturated heterocycles. The summed E-state index contributed by atoms with van der Waals surface area (Å²) in [6.07, 6.45) is 3.74. The molecule has 190 valence electrons. The van der Waals surface area contributed by atoms with Crippen LogP contribution in [-0.4, -0.2) is 60.5 Å². The summed E-state index contributed by atoms with van der Waals surface area (Å²) in [5.74, 6) is 1.37. The number of likely N-dealkylation sites (tertiary alicyclic amines) is 1. The summed E-state index contributed by atoms with van der Waals surface area (Å²) in [7, 11) is 3.22. The summed E-state index contributed by atoms with van der Waals surface area (Å²) in [4.78, 5) is 45.0. The topological polar surface area (TPSA) is 79.4 Å². The Labute approximate surface area is 211 Å². The van der Waals surface area contributed by atoms with Crippen LogP contribution in [0.4, 0.5) is 5.69 Å². The minimum absolute atomic E-state index is 0.00117. The molecule has 2 atom stereocenters. The van der Waals surface area contributed by atoms with Crippen LogP contribution in [0.1, 0.15) is 67.4 Å². The Bertz CT molecular complexity index is 1200. The lowest BCUT2D eigenvalue weighted by molar-refractivity contribution is -0.132. The van der Waals surface area contributed by atoms with Crippen molar-refractivity contribution in [2.75, 3.05) is 32.2 Å². The maximum absolute atomic E-state index is 13.4. The van der Waals surface area contributed by atoms with Gasteiger partial charge in [0, 0.05) is 25.9 Å². The molecule has 3 amide bonds. The van der Waals surface area contributed by atoms with E-state index in [1.54, 1.807) is 30.1 Å². The fourth-order valence-corrected chi connectivity index (χ4v) is 6.05. The number of nitrogens with zero attached hydrogens (tertiary/aromatic N) is 3. The van der Waals surface area contributed by atoms with Gasteiger partial charge >= 0.3 is 0 Å². The molecule has 8 heteroatoms. The molecule has 3 heterocycles. The van der Waals surface area contributed by atoms with E-state index >= 15 is 0 Å². The van der Waals surface area contributed by atoms with E-state index in [-0.39, 0.29) is 23.8 Å². The normalized spacial score (nSPS) is 23.1. The Morgan fingerprint density at radius 1 is 1.08 bits per heavy atom. The van der Waals surface area contributed by atoms with E-state index in [0.29, 0.717) is 61.5 Å². The van der Waals surface area contributed by atoms with E-state index in [1.165, 1.54) is 0 Å². The van der Waals surface area contributed by atoms with Gasteiger partial charge in [-0.1, -0.05) is 18.2 Å². The van der Waals surface area contributed by atoms with E-state index in [2.05, 4.69) is 0 Å². The molecule has 0 aromatic heterocycles. The first kappa shape index (κ1) is 24.2. The molecule has 5 rings (SSSR count). The molecule has 2 unspecified atom stereocenters. The van der Waals surface area contributed by atoms with Crippen LogP contribution in [0.25, 0.3) is 0 Å². The molecule has 0 saturated carbocycles. The van der Waals surface area contributed by atoms with Crippen molar-refractivity contribution in [2.24, 2.45) is 0 Å². The Kier molecular flexibility index (Phi) is 6.36. The zero-order chi connectivity index (χ0) is 25.4. The average Bonchev–Trinajstić information content (AvgIpc) is 3.50. The summed E-state index contributed by atoms with van der Waals surface area (Å²) in [5, 5.41) is 0. The van der Waals surface area contributed by atoms with E-state index in [1.807, 2.05) is 48.2 Å². The molecule has 0 spiro atoms. The first-order valence-corrected chi connectivity index (χ1v) is 12.6. The smallest absolute Gasteiger partial charge is 0.257 e. The second kappa shape index (κ2) is 9.48. The average molecular weight is 492 g/mol. The summed E-state index contributed by atoms with van der Waals surface area (Å²) < 4.78 is 10.8. The molecule has 36 heavy (non-hydrogen) atoms. The molecule has 0 bridgehead atoms. The molecule has 0 radical (unpaired) electrons. The highest BCUT2D eigenvalue weighted by atomic mass is 16.5. The zero-order valence-corrected chi connectivity index (χ0v) is 21.2. The lowest BCUT2D eigenvalue weighted by Gasteiger charge is -2.48. The SMILES string of the molecule is COc1ccc(C2CCCN2C(=O)CCCN2C(=O)c3ccccc3N3C(=O)CCC23C)cc1OC. The minimum Gasteiger partial charge on any atom is -0.493 e. The number of hydrogen-bond donors (Lipinski definition) is 0. The van der Waals surface area contributed by atoms with Crippen LogP contribution >= 0.6 is 0 Å². The van der Waals surface area contributed by atoms with Gasteiger partial charge in [0.25, 0.3) is 5.91 Å². The third kappa shape index (κ3) is 3.88. The summed E-state index contributed by atoms with van der Waals surface area (Å²) in [6.45, 7) is 3.10. The first-order valence-electron chi connectivity index (χ1n) is 12.6. The highest BCUT2D eigenvalue weighted by molar-refractivity contribution is 6.10. The van der Waals surface area contributed by atoms with Crippen molar-refractivity contribution in [3.8, 4) is 11.5 Å². The Hall–Kier alpha value is -3.55. The van der Waals surface area contributed by atoms with Crippen LogP contribution in [0.5, 0.6) is 11.5 Å². The van der Waals surface area contributed by atoms with Gasteiger partial charge in [-0.05, 0) is 62.4 Å². The quantitative estimate of drug-likeness (QED) is 0.582. The number of methoxy groups -OCH3 is 2. The number of para-hydroxylation sites is 1. The molecule has 2 aromatic carbocycles. The van der Waals surface area contributed by atoms with Gasteiger partial charge in [0.1, 0.15) is 5.66 Å². The van der Waals surface area contributed by atoms with Crippen molar-refractivity contribution in [3.63, 3.8) is 0 Å². The monoisotopic (exact) mass is 491 g/mol. The highest BCUT2D eigenvalue weighted by Gasteiger charge is 2.52. The van der Waals surface area contributed by atoms with Crippen LogP contribution in [0.3, 0.4) is 0 Å². The van der Waals surface area contributed by atoms with Crippen molar-refractivity contribution in [1.82, 2.24) is 9.80 Å². The molecule has 2 aromatic rings. The summed E-state index contributed by atoms with van der Waals surface area (Å²) in [5.41, 5.74) is 1.58. The number of fused-ring (bicyclic) bond motifs is 3. The highest BCUT2D eigenvalue weighted by Crippen LogP contribution is 2.44. The third-order valence-electron chi connectivity index (χ3n) is 7.88. The second-order valence-corrected chi connectivity index (χ2v) is 9.88. The number of benzene rings is 2. The molecule has 2 fully saturated rings. The van der Waals surface area contributed by atoms with Gasteiger partial charge in [0.05, 0.1) is 31.5 Å². The number of ether oxygens (including phenoxy) is 2. The maximum atomic E-state index is 13.4. The standard InChI is InChI=1S/C28H33N3O5/c1-28-15-14-26(33)31(28)22-9-5-4-8-20(22)27(34)30(28)17-7-11-25(32)29-16-6-10-21(29)19-12-13-23(35-2)24(18-19)36-3/h4-5,8-9,12-13,18,21H,6-7,10-11,14-17H2,1-3H3. The van der Waals surface area contributed by atoms with Crippen LogP contribution in [0, 0.1) is 0 Å². The minimum atomic E-state index is -0.693. The Morgan fingerprint density at radius 2 is 1.86 bits per heavy atom. The van der Waals surface area contributed by atoms with Crippen LogP contribution in [0.15, 0.2) is 42.5 Å². The number of hydrogen-bond acceptors (Lipinski definition) is 5. The number of rotatable bonds is 7. The van der Waals surface area contributed by atoms with Gasteiger partial charge in [0.15, 0.2) is 11.5 Å². The van der Waals surface area contributed by atoms with Gasteiger partial charge in [-0.15, -0.1) is 0 Å². The van der Waals surface area contributed by atoms with Crippen LogP contribution in [-0.2, 0) is 9.59 Å². The number of carbonyl (C=O) groups excluding carboxylic acids is 3. The molecule has 3 aliphatic rings. The number of carbonyl (C=O) groups is 3.